The van der Waals surface area contributed by atoms with E-state index < -0.39 is 11.9 Å². The van der Waals surface area contributed by atoms with Crippen LogP contribution in [-0.2, 0) is 9.47 Å². The van der Waals surface area contributed by atoms with E-state index in [1.807, 2.05) is 6.92 Å². The van der Waals surface area contributed by atoms with Gasteiger partial charge in [0.1, 0.15) is 28.5 Å². The third-order valence-electron chi connectivity index (χ3n) is 4.17. The summed E-state index contributed by atoms with van der Waals surface area (Å²) >= 11 is 1.23. The highest BCUT2D eigenvalue weighted by Crippen LogP contribution is 2.35. The molecule has 0 saturated carbocycles. The quantitative estimate of drug-likeness (QED) is 0.457. The predicted octanol–water partition coefficient (Wildman–Crippen LogP) is 3.55. The molecule has 0 aliphatic rings. The van der Waals surface area contributed by atoms with Gasteiger partial charge in [0, 0.05) is 12.8 Å². The van der Waals surface area contributed by atoms with Gasteiger partial charge in [0.15, 0.2) is 0 Å². The molecule has 0 unspecified atom stereocenters. The molecule has 0 saturated heterocycles. The summed E-state index contributed by atoms with van der Waals surface area (Å²) in [4.78, 5) is 33.2. The van der Waals surface area contributed by atoms with Crippen LogP contribution in [0.3, 0.4) is 0 Å². The molecule has 0 bridgehead atoms. The van der Waals surface area contributed by atoms with Gasteiger partial charge in [0.2, 0.25) is 0 Å². The van der Waals surface area contributed by atoms with Gasteiger partial charge in [-0.1, -0.05) is 6.07 Å². The minimum absolute atomic E-state index is 0.168. The van der Waals surface area contributed by atoms with Crippen molar-refractivity contribution >= 4 is 45.0 Å². The van der Waals surface area contributed by atoms with Crippen LogP contribution >= 0.6 is 11.3 Å². The van der Waals surface area contributed by atoms with Gasteiger partial charge in [-0.15, -0.1) is 11.3 Å². The molecule has 0 fully saturated rings. The largest absolute Gasteiger partial charge is 0.478 e. The van der Waals surface area contributed by atoms with Crippen molar-refractivity contribution in [3.05, 3.63) is 46.1 Å². The van der Waals surface area contributed by atoms with Crippen LogP contribution in [0.15, 0.2) is 24.5 Å². The third-order valence-corrected chi connectivity index (χ3v) is 5.35. The number of rotatable bonds is 7. The van der Waals surface area contributed by atoms with E-state index in [1.165, 1.54) is 24.8 Å². The van der Waals surface area contributed by atoms with Crippen molar-refractivity contribution in [1.29, 1.82) is 0 Å². The van der Waals surface area contributed by atoms with Crippen LogP contribution in [0.1, 0.15) is 31.2 Å². The molecule has 9 heteroatoms. The molecular formula is C19H19N3O5S. The molecule has 1 aromatic carbocycles. The summed E-state index contributed by atoms with van der Waals surface area (Å²) in [6.07, 6.45) is 1.40. The van der Waals surface area contributed by atoms with Crippen LogP contribution < -0.4 is 5.32 Å². The molecule has 3 rings (SSSR count). The zero-order chi connectivity index (χ0) is 20.3. The van der Waals surface area contributed by atoms with E-state index in [-0.39, 0.29) is 12.2 Å². The van der Waals surface area contributed by atoms with E-state index in [9.17, 15) is 14.7 Å². The maximum atomic E-state index is 12.4. The van der Waals surface area contributed by atoms with Gasteiger partial charge in [-0.2, -0.15) is 0 Å². The van der Waals surface area contributed by atoms with Crippen molar-refractivity contribution in [3.63, 3.8) is 0 Å². The Balaban J connectivity index is 1.98. The van der Waals surface area contributed by atoms with Crippen molar-refractivity contribution in [2.45, 2.75) is 13.8 Å². The summed E-state index contributed by atoms with van der Waals surface area (Å²) in [6.45, 7) is 4.16. The van der Waals surface area contributed by atoms with Gasteiger partial charge in [-0.05, 0) is 37.1 Å². The molecular weight excluding hydrogens is 382 g/mol. The summed E-state index contributed by atoms with van der Waals surface area (Å²) in [5.74, 6) is -0.948. The molecule has 3 aromatic rings. The summed E-state index contributed by atoms with van der Waals surface area (Å²) in [5.41, 5.74) is 2.36. The number of aromatic carboxylic acids is 1. The minimum Gasteiger partial charge on any atom is -0.478 e. The number of hydrogen-bond donors (Lipinski definition) is 2. The number of benzene rings is 1. The Kier molecular flexibility index (Phi) is 5.86. The number of hydrogen-bond acceptors (Lipinski definition) is 8. The monoisotopic (exact) mass is 401 g/mol. The highest BCUT2D eigenvalue weighted by molar-refractivity contribution is 7.20. The number of aromatic nitrogens is 2. The fourth-order valence-corrected chi connectivity index (χ4v) is 3.70. The highest BCUT2D eigenvalue weighted by atomic mass is 32.1. The lowest BCUT2D eigenvalue weighted by atomic mass is 10.1. The van der Waals surface area contributed by atoms with E-state index in [0.29, 0.717) is 38.8 Å². The van der Waals surface area contributed by atoms with Crippen molar-refractivity contribution in [3.8, 4) is 0 Å². The maximum Gasteiger partial charge on any atom is 0.348 e. The molecule has 0 atom stereocenters. The summed E-state index contributed by atoms with van der Waals surface area (Å²) in [7, 11) is 1.54. The van der Waals surface area contributed by atoms with Gasteiger partial charge in [-0.25, -0.2) is 19.6 Å². The molecule has 0 radical (unpaired) electrons. The predicted molar refractivity (Wildman–Crippen MR) is 106 cm³/mol. The lowest BCUT2D eigenvalue weighted by Gasteiger charge is -2.11. The van der Waals surface area contributed by atoms with Crippen molar-refractivity contribution in [1.82, 2.24) is 9.97 Å². The molecule has 0 amide bonds. The first-order chi connectivity index (χ1) is 13.4. The second-order valence-electron chi connectivity index (χ2n) is 6.05. The van der Waals surface area contributed by atoms with Gasteiger partial charge in [0.05, 0.1) is 17.6 Å². The van der Waals surface area contributed by atoms with E-state index in [0.717, 1.165) is 5.56 Å². The van der Waals surface area contributed by atoms with Gasteiger partial charge >= 0.3 is 11.9 Å². The number of thiophene rings is 1. The van der Waals surface area contributed by atoms with Crippen LogP contribution in [0.2, 0.25) is 0 Å². The summed E-state index contributed by atoms with van der Waals surface area (Å²) in [5, 5.41) is 13.1. The van der Waals surface area contributed by atoms with Gasteiger partial charge in [0.25, 0.3) is 0 Å². The second kappa shape index (κ2) is 8.32. The van der Waals surface area contributed by atoms with E-state index in [1.54, 1.807) is 25.1 Å². The second-order valence-corrected chi connectivity index (χ2v) is 7.05. The molecule has 0 spiro atoms. The zero-order valence-corrected chi connectivity index (χ0v) is 16.4. The number of nitrogens with zero attached hydrogens (tertiary/aromatic N) is 2. The first kappa shape index (κ1) is 19.7. The number of nitrogens with one attached hydrogen (secondary N) is 1. The number of aryl methyl sites for hydroxylation is 2. The number of carbonyl (C=O) groups excluding carboxylic acids is 1. The van der Waals surface area contributed by atoms with Crippen molar-refractivity contribution in [2.75, 3.05) is 25.6 Å². The number of esters is 1. The molecule has 28 heavy (non-hydrogen) atoms. The topological polar surface area (TPSA) is 111 Å². The van der Waals surface area contributed by atoms with Crippen molar-refractivity contribution in [2.24, 2.45) is 0 Å². The number of fused-ring (bicyclic) bond motifs is 1. The number of carbonyl (C=O) groups is 2. The van der Waals surface area contributed by atoms with Crippen LogP contribution in [0, 0.1) is 13.8 Å². The molecule has 2 N–H and O–H groups in total. The number of carboxylic acid groups (broad SMARTS) is 1. The summed E-state index contributed by atoms with van der Waals surface area (Å²) in [6, 6.07) is 4.82. The molecule has 0 aliphatic heterocycles. The standard InChI is InChI=1S/C19H19N3O5S/c1-10-4-5-12(18(23)24)8-13(10)22-16-14-11(2)15(19(25)27-7-6-26-3)28-17(14)21-9-20-16/h4-5,8-9H,6-7H2,1-3H3,(H,23,24)(H,20,21,22). The fourth-order valence-electron chi connectivity index (χ4n) is 2.66. The normalized spacial score (nSPS) is 10.8. The lowest BCUT2D eigenvalue weighted by molar-refractivity contribution is 0.0392. The Labute approximate surface area is 165 Å². The smallest absolute Gasteiger partial charge is 0.348 e. The Bertz CT molecular complexity index is 1050. The average Bonchev–Trinajstić information content (AvgIpc) is 3.01. The first-order valence-electron chi connectivity index (χ1n) is 8.43. The molecule has 0 aliphatic carbocycles. The highest BCUT2D eigenvalue weighted by Gasteiger charge is 2.21. The van der Waals surface area contributed by atoms with E-state index in [2.05, 4.69) is 15.3 Å². The van der Waals surface area contributed by atoms with Crippen LogP contribution in [0.25, 0.3) is 10.2 Å². The number of methoxy groups -OCH3 is 1. The zero-order valence-electron chi connectivity index (χ0n) is 15.6. The number of ether oxygens (including phenoxy) is 2. The third kappa shape index (κ3) is 3.95. The molecule has 146 valence electrons. The summed E-state index contributed by atoms with van der Waals surface area (Å²) < 4.78 is 10.1. The Morgan fingerprint density at radius 1 is 1.21 bits per heavy atom. The van der Waals surface area contributed by atoms with E-state index in [4.69, 9.17) is 9.47 Å². The molecule has 2 heterocycles. The fraction of sp³-hybridized carbons (Fsp3) is 0.263. The van der Waals surface area contributed by atoms with Gasteiger partial charge < -0.3 is 19.9 Å². The van der Waals surface area contributed by atoms with Crippen LogP contribution in [0.5, 0.6) is 0 Å². The Hall–Kier alpha value is -3.04. The van der Waals surface area contributed by atoms with Crippen LogP contribution in [0.4, 0.5) is 11.5 Å². The molecule has 8 nitrogen and oxygen atoms in total. The SMILES string of the molecule is COCCOC(=O)c1sc2ncnc(Nc3cc(C(=O)O)ccc3C)c2c1C. The lowest BCUT2D eigenvalue weighted by Crippen LogP contribution is -2.09. The Morgan fingerprint density at radius 3 is 2.71 bits per heavy atom. The van der Waals surface area contributed by atoms with Crippen LogP contribution in [-0.4, -0.2) is 47.3 Å². The maximum absolute atomic E-state index is 12.4. The average molecular weight is 401 g/mol. The minimum atomic E-state index is -1.01. The number of anilines is 2. The van der Waals surface area contributed by atoms with Gasteiger partial charge in [-0.3, -0.25) is 0 Å². The number of carboxylic acids is 1. The molecule has 2 aromatic heterocycles. The van der Waals surface area contributed by atoms with Crippen molar-refractivity contribution < 1.29 is 24.2 Å². The van der Waals surface area contributed by atoms with E-state index >= 15 is 0 Å². The Morgan fingerprint density at radius 2 is 2.00 bits per heavy atom. The first-order valence-corrected chi connectivity index (χ1v) is 9.25.